The second kappa shape index (κ2) is 5.55. The molecule has 2 rings (SSSR count). The van der Waals surface area contributed by atoms with E-state index in [1.807, 2.05) is 12.1 Å². The molecule has 0 fully saturated rings. The van der Waals surface area contributed by atoms with Crippen LogP contribution in [0.25, 0.3) is 0 Å². The summed E-state index contributed by atoms with van der Waals surface area (Å²) in [5, 5.41) is 0. The molecule has 0 amide bonds. The van der Waals surface area contributed by atoms with Crippen LogP contribution in [0, 0.1) is 6.92 Å². The fraction of sp³-hybridized carbons (Fsp3) is 0.400. The van der Waals surface area contributed by atoms with E-state index in [0.717, 1.165) is 5.75 Å². The molecule has 112 valence electrons. The standard InChI is InChI=1S/C20H26O/c1-15-7-9-16(10-8-15)19(2,3)20(4,5)17-11-13-18(21-6)14-12-17/h7-14H,1-6H3. The minimum absolute atomic E-state index is 0.0224. The molecule has 0 saturated heterocycles. The lowest BCUT2D eigenvalue weighted by Crippen LogP contribution is -2.40. The lowest BCUT2D eigenvalue weighted by molar-refractivity contribution is 0.302. The first-order valence-corrected chi connectivity index (χ1v) is 7.51. The Kier molecular flexibility index (Phi) is 4.13. The Morgan fingerprint density at radius 3 is 1.43 bits per heavy atom. The highest BCUT2D eigenvalue weighted by atomic mass is 16.5. The van der Waals surface area contributed by atoms with Gasteiger partial charge in [-0.2, -0.15) is 0 Å². The van der Waals surface area contributed by atoms with Crippen molar-refractivity contribution in [1.29, 1.82) is 0 Å². The molecule has 0 saturated carbocycles. The van der Waals surface area contributed by atoms with Crippen molar-refractivity contribution in [2.45, 2.75) is 45.4 Å². The second-order valence-corrected chi connectivity index (χ2v) is 6.84. The van der Waals surface area contributed by atoms with Crippen LogP contribution < -0.4 is 4.74 Å². The Morgan fingerprint density at radius 2 is 1.05 bits per heavy atom. The molecule has 0 heterocycles. The van der Waals surface area contributed by atoms with Gasteiger partial charge in [0.2, 0.25) is 0 Å². The molecule has 0 atom stereocenters. The third kappa shape index (κ3) is 2.83. The van der Waals surface area contributed by atoms with Gasteiger partial charge >= 0.3 is 0 Å². The van der Waals surface area contributed by atoms with Gasteiger partial charge in [0, 0.05) is 0 Å². The number of hydrogen-bond acceptors (Lipinski definition) is 1. The van der Waals surface area contributed by atoms with Crippen LogP contribution in [0.15, 0.2) is 48.5 Å². The summed E-state index contributed by atoms with van der Waals surface area (Å²) in [6, 6.07) is 17.3. The van der Waals surface area contributed by atoms with Crippen molar-refractivity contribution in [3.05, 3.63) is 65.2 Å². The van der Waals surface area contributed by atoms with Gasteiger partial charge in [-0.1, -0.05) is 69.7 Å². The summed E-state index contributed by atoms with van der Waals surface area (Å²) in [7, 11) is 1.70. The SMILES string of the molecule is COc1ccc(C(C)(C)C(C)(C)c2ccc(C)cc2)cc1. The van der Waals surface area contributed by atoms with Gasteiger partial charge in [-0.15, -0.1) is 0 Å². The highest BCUT2D eigenvalue weighted by molar-refractivity contribution is 5.39. The molecule has 0 spiro atoms. The number of hydrogen-bond donors (Lipinski definition) is 0. The molecule has 0 N–H and O–H groups in total. The van der Waals surface area contributed by atoms with Gasteiger partial charge in [-0.25, -0.2) is 0 Å². The molecule has 0 aromatic heterocycles. The molecule has 0 aliphatic heterocycles. The summed E-state index contributed by atoms with van der Waals surface area (Å²) >= 11 is 0. The zero-order valence-corrected chi connectivity index (χ0v) is 14.0. The van der Waals surface area contributed by atoms with Crippen molar-refractivity contribution >= 4 is 0 Å². The smallest absolute Gasteiger partial charge is 0.118 e. The number of rotatable bonds is 4. The topological polar surface area (TPSA) is 9.23 Å². The van der Waals surface area contributed by atoms with Crippen LogP contribution in [-0.4, -0.2) is 7.11 Å². The van der Waals surface area contributed by atoms with Gasteiger partial charge in [0.25, 0.3) is 0 Å². The van der Waals surface area contributed by atoms with Crippen LogP contribution >= 0.6 is 0 Å². The number of methoxy groups -OCH3 is 1. The zero-order valence-electron chi connectivity index (χ0n) is 14.0. The van der Waals surface area contributed by atoms with Gasteiger partial charge in [-0.3, -0.25) is 0 Å². The molecule has 1 heteroatoms. The largest absolute Gasteiger partial charge is 0.497 e. The third-order valence-corrected chi connectivity index (χ3v) is 5.15. The zero-order chi connectivity index (χ0) is 15.7. The molecular formula is C20H26O. The molecule has 0 bridgehead atoms. The molecule has 0 unspecified atom stereocenters. The fourth-order valence-electron chi connectivity index (χ4n) is 2.70. The third-order valence-electron chi connectivity index (χ3n) is 5.15. The first kappa shape index (κ1) is 15.6. The highest BCUT2D eigenvalue weighted by Crippen LogP contribution is 2.43. The summed E-state index contributed by atoms with van der Waals surface area (Å²) in [5.74, 6) is 0.905. The van der Waals surface area contributed by atoms with E-state index < -0.39 is 0 Å². The van der Waals surface area contributed by atoms with E-state index in [2.05, 4.69) is 71.0 Å². The van der Waals surface area contributed by atoms with Gasteiger partial charge in [0.05, 0.1) is 7.11 Å². The van der Waals surface area contributed by atoms with E-state index in [1.165, 1.54) is 16.7 Å². The Morgan fingerprint density at radius 1 is 0.667 bits per heavy atom. The first-order chi connectivity index (χ1) is 9.79. The maximum Gasteiger partial charge on any atom is 0.118 e. The van der Waals surface area contributed by atoms with Crippen LogP contribution in [-0.2, 0) is 10.8 Å². The molecule has 2 aromatic rings. The predicted octanol–water partition coefficient (Wildman–Crippen LogP) is 5.26. The maximum atomic E-state index is 5.27. The molecule has 0 aliphatic rings. The molecule has 0 aliphatic carbocycles. The van der Waals surface area contributed by atoms with Crippen molar-refractivity contribution in [2.24, 2.45) is 0 Å². The minimum Gasteiger partial charge on any atom is -0.497 e. The fourth-order valence-corrected chi connectivity index (χ4v) is 2.70. The monoisotopic (exact) mass is 282 g/mol. The average Bonchev–Trinajstić information content (AvgIpc) is 2.47. The summed E-state index contributed by atoms with van der Waals surface area (Å²) in [6.07, 6.45) is 0. The van der Waals surface area contributed by atoms with Gasteiger partial charge in [0.15, 0.2) is 0 Å². The van der Waals surface area contributed by atoms with Gasteiger partial charge < -0.3 is 4.74 Å². The Hall–Kier alpha value is -1.76. The van der Waals surface area contributed by atoms with Crippen LogP contribution in [0.3, 0.4) is 0 Å². The van der Waals surface area contributed by atoms with Crippen molar-refractivity contribution in [3.8, 4) is 5.75 Å². The lowest BCUT2D eigenvalue weighted by Gasteiger charge is -2.43. The van der Waals surface area contributed by atoms with E-state index in [0.29, 0.717) is 0 Å². The molecule has 21 heavy (non-hydrogen) atoms. The van der Waals surface area contributed by atoms with E-state index in [9.17, 15) is 0 Å². The molecule has 0 radical (unpaired) electrons. The van der Waals surface area contributed by atoms with Crippen LogP contribution in [0.5, 0.6) is 5.75 Å². The van der Waals surface area contributed by atoms with E-state index in [4.69, 9.17) is 4.74 Å². The molecule has 1 nitrogen and oxygen atoms in total. The molecular weight excluding hydrogens is 256 g/mol. The Labute approximate surface area is 129 Å². The summed E-state index contributed by atoms with van der Waals surface area (Å²) in [5.41, 5.74) is 4.06. The lowest BCUT2D eigenvalue weighted by atomic mass is 9.61. The maximum absolute atomic E-state index is 5.27. The normalized spacial score (nSPS) is 12.3. The number of ether oxygens (including phenoxy) is 1. The second-order valence-electron chi connectivity index (χ2n) is 6.84. The van der Waals surface area contributed by atoms with Crippen LogP contribution in [0.4, 0.5) is 0 Å². The van der Waals surface area contributed by atoms with Crippen molar-refractivity contribution in [2.75, 3.05) is 7.11 Å². The van der Waals surface area contributed by atoms with Crippen LogP contribution in [0.1, 0.15) is 44.4 Å². The van der Waals surface area contributed by atoms with E-state index in [-0.39, 0.29) is 10.8 Å². The van der Waals surface area contributed by atoms with Crippen molar-refractivity contribution < 1.29 is 4.74 Å². The summed E-state index contributed by atoms with van der Waals surface area (Å²) < 4.78 is 5.27. The quantitative estimate of drug-likeness (QED) is 0.743. The predicted molar refractivity (Wildman–Crippen MR) is 90.2 cm³/mol. The minimum atomic E-state index is 0.0224. The highest BCUT2D eigenvalue weighted by Gasteiger charge is 2.39. The van der Waals surface area contributed by atoms with E-state index in [1.54, 1.807) is 7.11 Å². The average molecular weight is 282 g/mol. The van der Waals surface area contributed by atoms with Crippen LogP contribution in [0.2, 0.25) is 0 Å². The van der Waals surface area contributed by atoms with E-state index >= 15 is 0 Å². The van der Waals surface area contributed by atoms with Gasteiger partial charge in [-0.05, 0) is 41.0 Å². The van der Waals surface area contributed by atoms with Gasteiger partial charge in [0.1, 0.15) is 5.75 Å². The summed E-state index contributed by atoms with van der Waals surface area (Å²) in [6.45, 7) is 11.4. The Balaban J connectivity index is 2.41. The molecule has 2 aromatic carbocycles. The first-order valence-electron chi connectivity index (χ1n) is 7.51. The summed E-state index contributed by atoms with van der Waals surface area (Å²) in [4.78, 5) is 0. The number of aryl methyl sites for hydroxylation is 1. The Bertz CT molecular complexity index is 589. The number of benzene rings is 2. The van der Waals surface area contributed by atoms with Crippen molar-refractivity contribution in [3.63, 3.8) is 0 Å². The van der Waals surface area contributed by atoms with Crippen molar-refractivity contribution in [1.82, 2.24) is 0 Å².